The SMILES string of the molecule is CC(=O)N[C@@H]1Cc2ccc(S(=O)(=O)N(Cc3ccccn3)C3CC3)cc2C1. The van der Waals surface area contributed by atoms with Crippen molar-refractivity contribution in [3.05, 3.63) is 59.4 Å². The minimum Gasteiger partial charge on any atom is -0.353 e. The second-order valence-corrected chi connectivity index (χ2v) is 9.23. The summed E-state index contributed by atoms with van der Waals surface area (Å²) in [7, 11) is -3.59. The van der Waals surface area contributed by atoms with Gasteiger partial charge in [-0.1, -0.05) is 12.1 Å². The zero-order valence-electron chi connectivity index (χ0n) is 15.3. The molecule has 2 aliphatic rings. The number of nitrogens with zero attached hydrogens (tertiary/aromatic N) is 2. The van der Waals surface area contributed by atoms with Gasteiger partial charge in [-0.3, -0.25) is 9.78 Å². The van der Waals surface area contributed by atoms with Crippen LogP contribution in [0.4, 0.5) is 0 Å². The molecule has 1 saturated carbocycles. The molecule has 7 heteroatoms. The molecule has 2 aliphatic carbocycles. The molecule has 2 aromatic rings. The maximum Gasteiger partial charge on any atom is 0.243 e. The summed E-state index contributed by atoms with van der Waals surface area (Å²) in [5.41, 5.74) is 2.86. The molecule has 1 amide bonds. The predicted octanol–water partition coefficient (Wildman–Crippen LogP) is 2.04. The summed E-state index contributed by atoms with van der Waals surface area (Å²) < 4.78 is 28.2. The van der Waals surface area contributed by atoms with Gasteiger partial charge in [0.15, 0.2) is 0 Å². The van der Waals surface area contributed by atoms with Gasteiger partial charge < -0.3 is 5.32 Å². The molecule has 0 saturated heterocycles. The van der Waals surface area contributed by atoms with E-state index in [0.717, 1.165) is 36.1 Å². The molecule has 0 spiro atoms. The summed E-state index contributed by atoms with van der Waals surface area (Å²) in [5.74, 6) is -0.0593. The highest BCUT2D eigenvalue weighted by Crippen LogP contribution is 2.34. The normalized spacial score (nSPS) is 19.1. The van der Waals surface area contributed by atoms with E-state index in [-0.39, 0.29) is 18.0 Å². The van der Waals surface area contributed by atoms with Gasteiger partial charge >= 0.3 is 0 Å². The van der Waals surface area contributed by atoms with Crippen molar-refractivity contribution >= 4 is 15.9 Å². The zero-order chi connectivity index (χ0) is 19.0. The minimum atomic E-state index is -3.59. The maximum absolute atomic E-state index is 13.3. The number of carbonyl (C=O) groups excluding carboxylic acids is 1. The largest absolute Gasteiger partial charge is 0.353 e. The van der Waals surface area contributed by atoms with Crippen molar-refractivity contribution in [2.45, 2.75) is 56.1 Å². The lowest BCUT2D eigenvalue weighted by Crippen LogP contribution is -2.33. The van der Waals surface area contributed by atoms with Crippen molar-refractivity contribution in [1.82, 2.24) is 14.6 Å². The number of amides is 1. The number of fused-ring (bicyclic) bond motifs is 1. The molecule has 0 unspecified atom stereocenters. The first-order valence-corrected chi connectivity index (χ1v) is 10.7. The number of pyridine rings is 1. The lowest BCUT2D eigenvalue weighted by Gasteiger charge is -2.22. The molecule has 1 aromatic heterocycles. The zero-order valence-corrected chi connectivity index (χ0v) is 16.1. The number of sulfonamides is 1. The fourth-order valence-corrected chi connectivity index (χ4v) is 5.41. The van der Waals surface area contributed by atoms with Gasteiger partial charge in [-0.15, -0.1) is 0 Å². The van der Waals surface area contributed by atoms with Gasteiger partial charge in [0.2, 0.25) is 15.9 Å². The van der Waals surface area contributed by atoms with Gasteiger partial charge in [0.25, 0.3) is 0 Å². The van der Waals surface area contributed by atoms with E-state index >= 15 is 0 Å². The van der Waals surface area contributed by atoms with Crippen LogP contribution in [0.15, 0.2) is 47.5 Å². The van der Waals surface area contributed by atoms with Gasteiger partial charge in [-0.05, 0) is 61.1 Å². The first-order chi connectivity index (χ1) is 12.9. The molecular formula is C20H23N3O3S. The Balaban J connectivity index is 1.59. The van der Waals surface area contributed by atoms with Crippen molar-refractivity contribution in [3.63, 3.8) is 0 Å². The van der Waals surface area contributed by atoms with E-state index in [2.05, 4.69) is 10.3 Å². The van der Waals surface area contributed by atoms with Crippen molar-refractivity contribution in [3.8, 4) is 0 Å². The van der Waals surface area contributed by atoms with Crippen molar-refractivity contribution in [2.75, 3.05) is 0 Å². The molecule has 1 heterocycles. The molecule has 0 radical (unpaired) electrons. The average molecular weight is 385 g/mol. The Hall–Kier alpha value is -2.25. The number of nitrogens with one attached hydrogen (secondary N) is 1. The Morgan fingerprint density at radius 2 is 1.96 bits per heavy atom. The van der Waals surface area contributed by atoms with E-state index in [1.807, 2.05) is 24.3 Å². The van der Waals surface area contributed by atoms with Crippen LogP contribution in [0.2, 0.25) is 0 Å². The minimum absolute atomic E-state index is 0.0449. The van der Waals surface area contributed by atoms with Gasteiger partial charge in [-0.25, -0.2) is 8.42 Å². The third-order valence-electron chi connectivity index (χ3n) is 5.12. The van der Waals surface area contributed by atoms with Crippen LogP contribution in [0.25, 0.3) is 0 Å². The van der Waals surface area contributed by atoms with E-state index in [4.69, 9.17) is 0 Å². The van der Waals surface area contributed by atoms with Crippen LogP contribution in [-0.2, 0) is 34.2 Å². The van der Waals surface area contributed by atoms with Gasteiger partial charge in [0.1, 0.15) is 0 Å². The maximum atomic E-state index is 13.3. The van der Waals surface area contributed by atoms with Crippen LogP contribution in [0, 0.1) is 0 Å². The van der Waals surface area contributed by atoms with Crippen molar-refractivity contribution in [1.29, 1.82) is 0 Å². The van der Waals surface area contributed by atoms with E-state index in [0.29, 0.717) is 17.9 Å². The Labute approximate surface area is 159 Å². The quantitative estimate of drug-likeness (QED) is 0.825. The standard InChI is InChI=1S/C20H23N3O3S/c1-14(24)22-18-10-15-5-8-20(12-16(15)11-18)27(25,26)23(19-6-7-19)13-17-4-2-3-9-21-17/h2-5,8-9,12,18-19H,6-7,10-11,13H2,1H3,(H,22,24)/t18-/m1/s1. The topological polar surface area (TPSA) is 79.4 Å². The fourth-order valence-electron chi connectivity index (χ4n) is 3.70. The number of rotatable bonds is 6. The molecule has 0 aliphatic heterocycles. The second-order valence-electron chi connectivity index (χ2n) is 7.34. The fraction of sp³-hybridized carbons (Fsp3) is 0.400. The number of carbonyl (C=O) groups is 1. The highest BCUT2D eigenvalue weighted by Gasteiger charge is 2.38. The lowest BCUT2D eigenvalue weighted by molar-refractivity contribution is -0.119. The van der Waals surface area contributed by atoms with Gasteiger partial charge in [0, 0.05) is 25.2 Å². The molecule has 1 N–H and O–H groups in total. The van der Waals surface area contributed by atoms with Crippen LogP contribution >= 0.6 is 0 Å². The van der Waals surface area contributed by atoms with E-state index < -0.39 is 10.0 Å². The summed E-state index contributed by atoms with van der Waals surface area (Å²) in [6, 6.07) is 11.0. The van der Waals surface area contributed by atoms with Crippen molar-refractivity contribution in [2.24, 2.45) is 0 Å². The smallest absolute Gasteiger partial charge is 0.243 e. The third kappa shape index (κ3) is 3.89. The Bertz CT molecular complexity index is 956. The van der Waals surface area contributed by atoms with Gasteiger partial charge in [-0.2, -0.15) is 4.31 Å². The van der Waals surface area contributed by atoms with Crippen LogP contribution < -0.4 is 5.32 Å². The van der Waals surface area contributed by atoms with E-state index in [9.17, 15) is 13.2 Å². The summed E-state index contributed by atoms with van der Waals surface area (Å²) in [5, 5.41) is 2.92. The third-order valence-corrected chi connectivity index (χ3v) is 7.02. The Kier molecular flexibility index (Phi) is 4.74. The monoisotopic (exact) mass is 385 g/mol. The van der Waals surface area contributed by atoms with E-state index in [1.165, 1.54) is 6.92 Å². The van der Waals surface area contributed by atoms with Crippen LogP contribution in [0.1, 0.15) is 36.6 Å². The molecule has 1 atom stereocenters. The van der Waals surface area contributed by atoms with Crippen LogP contribution in [-0.4, -0.2) is 35.7 Å². The highest BCUT2D eigenvalue weighted by atomic mass is 32.2. The summed E-state index contributed by atoms with van der Waals surface area (Å²) in [4.78, 5) is 15.9. The lowest BCUT2D eigenvalue weighted by atomic mass is 10.1. The molecule has 4 rings (SSSR count). The Morgan fingerprint density at radius 3 is 2.63 bits per heavy atom. The molecular weight excluding hydrogens is 362 g/mol. The summed E-state index contributed by atoms with van der Waals surface area (Å²) in [6.45, 7) is 1.80. The molecule has 1 aromatic carbocycles. The summed E-state index contributed by atoms with van der Waals surface area (Å²) >= 11 is 0. The molecule has 142 valence electrons. The molecule has 6 nitrogen and oxygen atoms in total. The highest BCUT2D eigenvalue weighted by molar-refractivity contribution is 7.89. The molecule has 1 fully saturated rings. The average Bonchev–Trinajstić information content (AvgIpc) is 3.39. The first kappa shape index (κ1) is 18.1. The van der Waals surface area contributed by atoms with Crippen LogP contribution in [0.3, 0.4) is 0 Å². The number of hydrogen-bond acceptors (Lipinski definition) is 4. The predicted molar refractivity (Wildman–Crippen MR) is 101 cm³/mol. The second kappa shape index (κ2) is 7.05. The molecule has 27 heavy (non-hydrogen) atoms. The van der Waals surface area contributed by atoms with Crippen molar-refractivity contribution < 1.29 is 13.2 Å². The Morgan fingerprint density at radius 1 is 1.19 bits per heavy atom. The number of benzene rings is 1. The van der Waals surface area contributed by atoms with Crippen LogP contribution in [0.5, 0.6) is 0 Å². The van der Waals surface area contributed by atoms with E-state index in [1.54, 1.807) is 22.6 Å². The number of aromatic nitrogens is 1. The van der Waals surface area contributed by atoms with Gasteiger partial charge in [0.05, 0.1) is 17.1 Å². The number of hydrogen-bond donors (Lipinski definition) is 1. The molecule has 0 bridgehead atoms. The first-order valence-electron chi connectivity index (χ1n) is 9.24. The summed E-state index contributed by atoms with van der Waals surface area (Å²) in [6.07, 6.45) is 4.88.